The summed E-state index contributed by atoms with van der Waals surface area (Å²) in [4.78, 5) is 27.5. The van der Waals surface area contributed by atoms with Crippen LogP contribution in [-0.4, -0.2) is 47.5 Å². The van der Waals surface area contributed by atoms with Gasteiger partial charge in [0.25, 0.3) is 0 Å². The second-order valence-corrected chi connectivity index (χ2v) is 11.2. The van der Waals surface area contributed by atoms with E-state index in [9.17, 15) is 18.0 Å². The monoisotopic (exact) mass is 483 g/mol. The quantitative estimate of drug-likeness (QED) is 0.517. The van der Waals surface area contributed by atoms with Crippen LogP contribution in [-0.2, 0) is 26.0 Å². The minimum Gasteiger partial charge on any atom is -0.337 e. The third-order valence-corrected chi connectivity index (χ3v) is 7.41. The number of anilines is 1. The summed E-state index contributed by atoms with van der Waals surface area (Å²) in [5, 5.41) is 3.20. The molecule has 0 saturated carbocycles. The maximum Gasteiger partial charge on any atom is 0.242 e. The first-order chi connectivity index (χ1) is 15.9. The molecule has 2 amide bonds. The predicted molar refractivity (Wildman–Crippen MR) is 136 cm³/mol. The number of amides is 2. The summed E-state index contributed by atoms with van der Waals surface area (Å²) in [5.41, 5.74) is 3.14. The van der Waals surface area contributed by atoms with E-state index in [4.69, 9.17) is 0 Å². The number of sulfone groups is 1. The lowest BCUT2D eigenvalue weighted by molar-refractivity contribution is -0.135. The van der Waals surface area contributed by atoms with Gasteiger partial charge in [-0.2, -0.15) is 0 Å². The van der Waals surface area contributed by atoms with Gasteiger partial charge in [-0.25, -0.2) is 8.42 Å². The third-order valence-electron chi connectivity index (χ3n) is 5.77. The first-order valence-electron chi connectivity index (χ1n) is 11.4. The number of aromatic nitrogens is 1. The van der Waals surface area contributed by atoms with Crippen molar-refractivity contribution in [1.82, 2.24) is 9.47 Å². The van der Waals surface area contributed by atoms with Crippen LogP contribution in [0.3, 0.4) is 0 Å². The molecule has 0 spiro atoms. The summed E-state index contributed by atoms with van der Waals surface area (Å²) >= 11 is 0. The van der Waals surface area contributed by atoms with Crippen molar-refractivity contribution in [1.29, 1.82) is 0 Å². The molecule has 0 fully saturated rings. The van der Waals surface area contributed by atoms with E-state index in [1.54, 1.807) is 39.8 Å². The number of fused-ring (bicyclic) bond motifs is 1. The molecular weight excluding hydrogens is 450 g/mol. The van der Waals surface area contributed by atoms with Crippen molar-refractivity contribution in [2.45, 2.75) is 65.1 Å². The highest BCUT2D eigenvalue weighted by molar-refractivity contribution is 7.92. The lowest BCUT2D eigenvalue weighted by Crippen LogP contribution is -2.43. The largest absolute Gasteiger partial charge is 0.337 e. The first kappa shape index (κ1) is 25.5. The van der Waals surface area contributed by atoms with E-state index in [0.717, 1.165) is 11.1 Å². The van der Waals surface area contributed by atoms with Crippen molar-refractivity contribution < 1.29 is 18.0 Å². The number of hydrogen-bond acceptors (Lipinski definition) is 4. The minimum absolute atomic E-state index is 0.0150. The Morgan fingerprint density at radius 1 is 1.00 bits per heavy atom. The molecule has 0 unspecified atom stereocenters. The number of nitrogens with zero attached hydrogens (tertiary/aromatic N) is 2. The van der Waals surface area contributed by atoms with E-state index >= 15 is 0 Å². The molecule has 8 heteroatoms. The first-order valence-corrected chi connectivity index (χ1v) is 13.0. The van der Waals surface area contributed by atoms with E-state index in [1.165, 1.54) is 6.20 Å². The summed E-state index contributed by atoms with van der Waals surface area (Å²) in [5.74, 6) is -1.39. The second kappa shape index (κ2) is 10.0. The van der Waals surface area contributed by atoms with Gasteiger partial charge in [0.15, 0.2) is 9.84 Å². The van der Waals surface area contributed by atoms with Gasteiger partial charge < -0.3 is 14.8 Å². The second-order valence-electron chi connectivity index (χ2n) is 9.25. The van der Waals surface area contributed by atoms with Crippen LogP contribution >= 0.6 is 0 Å². The van der Waals surface area contributed by atoms with Gasteiger partial charge in [0.05, 0.1) is 4.90 Å². The van der Waals surface area contributed by atoms with E-state index in [1.807, 2.05) is 53.7 Å². The van der Waals surface area contributed by atoms with Crippen LogP contribution in [0.1, 0.15) is 38.8 Å². The number of para-hydroxylation sites is 1. The van der Waals surface area contributed by atoms with Crippen molar-refractivity contribution >= 4 is 38.2 Å². The van der Waals surface area contributed by atoms with E-state index < -0.39 is 21.5 Å². The molecule has 0 saturated heterocycles. The van der Waals surface area contributed by atoms with E-state index in [2.05, 4.69) is 5.32 Å². The van der Waals surface area contributed by atoms with Gasteiger partial charge >= 0.3 is 0 Å². The Labute approximate surface area is 201 Å². The van der Waals surface area contributed by atoms with Gasteiger partial charge in [0, 0.05) is 34.9 Å². The van der Waals surface area contributed by atoms with Crippen LogP contribution in [0.15, 0.2) is 53.6 Å². The van der Waals surface area contributed by atoms with Crippen LogP contribution < -0.4 is 5.32 Å². The molecule has 1 heterocycles. The highest BCUT2D eigenvalue weighted by atomic mass is 32.2. The molecule has 1 N–H and O–H groups in total. The van der Waals surface area contributed by atoms with Gasteiger partial charge in [-0.15, -0.1) is 0 Å². The zero-order chi connectivity index (χ0) is 25.2. The smallest absolute Gasteiger partial charge is 0.242 e. The molecule has 3 rings (SSSR count). The van der Waals surface area contributed by atoms with Gasteiger partial charge in [0.2, 0.25) is 11.8 Å². The summed E-state index contributed by atoms with van der Waals surface area (Å²) in [6, 6.07) is 12.6. The maximum atomic E-state index is 13.3. The van der Waals surface area contributed by atoms with Gasteiger partial charge in [-0.3, -0.25) is 9.59 Å². The molecule has 0 bridgehead atoms. The van der Waals surface area contributed by atoms with Gasteiger partial charge in [-0.1, -0.05) is 35.9 Å². The van der Waals surface area contributed by atoms with Crippen molar-refractivity contribution in [2.24, 2.45) is 0 Å². The fourth-order valence-corrected chi connectivity index (χ4v) is 5.75. The number of nitrogens with one attached hydrogen (secondary N) is 1. The molecule has 0 aliphatic heterocycles. The normalized spacial score (nSPS) is 11.9. The van der Waals surface area contributed by atoms with Crippen molar-refractivity contribution in [3.63, 3.8) is 0 Å². The van der Waals surface area contributed by atoms with Gasteiger partial charge in [-0.05, 0) is 59.2 Å². The molecule has 3 aromatic rings. The summed E-state index contributed by atoms with van der Waals surface area (Å²) in [7, 11) is -3.95. The lowest BCUT2D eigenvalue weighted by Gasteiger charge is -2.31. The molecule has 0 radical (unpaired) electrons. The minimum atomic E-state index is -3.95. The lowest BCUT2D eigenvalue weighted by atomic mass is 10.1. The van der Waals surface area contributed by atoms with E-state index in [-0.39, 0.29) is 29.4 Å². The zero-order valence-corrected chi connectivity index (χ0v) is 21.4. The highest BCUT2D eigenvalue weighted by Gasteiger charge is 2.26. The molecule has 34 heavy (non-hydrogen) atoms. The van der Waals surface area contributed by atoms with Crippen molar-refractivity contribution in [2.75, 3.05) is 11.1 Å². The van der Waals surface area contributed by atoms with Crippen LogP contribution in [0.5, 0.6) is 0 Å². The van der Waals surface area contributed by atoms with Crippen LogP contribution in [0.25, 0.3) is 10.9 Å². The Kier molecular flexibility index (Phi) is 7.51. The Balaban J connectivity index is 1.90. The average Bonchev–Trinajstić information content (AvgIpc) is 3.08. The molecule has 0 aliphatic rings. The van der Waals surface area contributed by atoms with Gasteiger partial charge in [0.1, 0.15) is 12.3 Å². The summed E-state index contributed by atoms with van der Waals surface area (Å²) in [6.07, 6.45) is 1.47. The molecule has 2 aromatic carbocycles. The fourth-order valence-electron chi connectivity index (χ4n) is 4.38. The Hall–Kier alpha value is -3.13. The molecule has 182 valence electrons. The number of benzene rings is 2. The zero-order valence-electron chi connectivity index (χ0n) is 20.6. The topological polar surface area (TPSA) is 88.5 Å². The van der Waals surface area contributed by atoms with Crippen LogP contribution in [0.2, 0.25) is 0 Å². The third kappa shape index (κ3) is 5.50. The molecule has 0 atom stereocenters. The molecular formula is C26H33N3O4S. The molecule has 7 nitrogen and oxygen atoms in total. The Morgan fingerprint density at radius 2 is 1.65 bits per heavy atom. The van der Waals surface area contributed by atoms with Crippen LogP contribution in [0.4, 0.5) is 5.69 Å². The fraction of sp³-hybridized carbons (Fsp3) is 0.385. The SMILES string of the molecule is Cc1ccc(NC(=O)CS(=O)(=O)c2cn(CC(=O)N(C(C)C)C(C)C)c3ccccc23)c(C)c1. The number of carbonyl (C=O) groups is 2. The Bertz CT molecular complexity index is 1320. The predicted octanol–water partition coefficient (Wildman–Crippen LogP) is 4.32. The Morgan fingerprint density at radius 3 is 2.26 bits per heavy atom. The number of hydrogen-bond donors (Lipinski definition) is 1. The maximum absolute atomic E-state index is 13.3. The molecule has 0 aliphatic carbocycles. The number of aryl methyl sites for hydroxylation is 2. The summed E-state index contributed by atoms with van der Waals surface area (Å²) in [6.45, 7) is 11.6. The highest BCUT2D eigenvalue weighted by Crippen LogP contribution is 2.27. The number of rotatable bonds is 8. The molecule has 1 aromatic heterocycles. The number of carbonyl (C=O) groups excluding carboxylic acids is 2. The average molecular weight is 484 g/mol. The standard InChI is InChI=1S/C26H33N3O4S/c1-17(2)29(18(3)4)26(31)15-28-14-24(21-9-7-8-10-23(21)28)34(32,33)16-25(30)27-22-12-11-19(5)13-20(22)6/h7-14,17-18H,15-16H2,1-6H3,(H,27,30). The van der Waals surface area contributed by atoms with Crippen molar-refractivity contribution in [3.05, 3.63) is 59.8 Å². The van der Waals surface area contributed by atoms with E-state index in [0.29, 0.717) is 16.6 Å². The van der Waals surface area contributed by atoms with Crippen molar-refractivity contribution in [3.8, 4) is 0 Å². The van der Waals surface area contributed by atoms with Crippen LogP contribution in [0, 0.1) is 13.8 Å². The summed E-state index contributed by atoms with van der Waals surface area (Å²) < 4.78 is 28.2.